The second-order valence-corrected chi connectivity index (χ2v) is 18.8. The molecule has 0 unspecified atom stereocenters. The molecule has 33 nitrogen and oxygen atoms in total. The Bertz CT molecular complexity index is 1800. The van der Waals surface area contributed by atoms with Gasteiger partial charge in [-0.05, 0) is 6.92 Å². The molecule has 0 radical (unpaired) electrons. The van der Waals surface area contributed by atoms with Gasteiger partial charge in [0.2, 0.25) is 17.7 Å². The molecule has 75 heavy (non-hydrogen) atoms. The maximum absolute atomic E-state index is 12.6. The molecule has 0 bridgehead atoms. The molecule has 5 aliphatic rings. The van der Waals surface area contributed by atoms with Gasteiger partial charge in [-0.15, -0.1) is 0 Å². The van der Waals surface area contributed by atoms with Gasteiger partial charge in [0.1, 0.15) is 134 Å². The van der Waals surface area contributed by atoms with E-state index in [4.69, 9.17) is 47.4 Å². The summed E-state index contributed by atoms with van der Waals surface area (Å²) >= 11 is 0. The highest BCUT2D eigenvalue weighted by atomic mass is 16.8. The molecule has 436 valence electrons. The lowest BCUT2D eigenvalue weighted by atomic mass is 9.94. The zero-order valence-corrected chi connectivity index (χ0v) is 40.9. The van der Waals surface area contributed by atoms with Crippen LogP contribution in [0.4, 0.5) is 0 Å². The van der Waals surface area contributed by atoms with Gasteiger partial charge >= 0.3 is 0 Å². The van der Waals surface area contributed by atoms with Crippen LogP contribution in [0, 0.1) is 0 Å². The molecular weight excluding hydrogens is 1030 g/mol. The maximum atomic E-state index is 12.6. The van der Waals surface area contributed by atoms with Gasteiger partial charge in [-0.25, -0.2) is 0 Å². The normalized spacial score (nSPS) is 44.2. The van der Waals surface area contributed by atoms with E-state index >= 15 is 0 Å². The van der Waals surface area contributed by atoms with E-state index in [1.54, 1.807) is 0 Å². The Morgan fingerprint density at radius 2 is 0.947 bits per heavy atom. The largest absolute Gasteiger partial charge is 0.394 e. The number of hydrogen-bond acceptors (Lipinski definition) is 30. The summed E-state index contributed by atoms with van der Waals surface area (Å²) in [6, 6.07) is -4.92. The molecule has 5 heterocycles. The van der Waals surface area contributed by atoms with Gasteiger partial charge in [0.05, 0.1) is 51.8 Å². The highest BCUT2D eigenvalue weighted by Crippen LogP contribution is 2.35. The maximum Gasteiger partial charge on any atom is 0.217 e. The van der Waals surface area contributed by atoms with Crippen LogP contribution >= 0.6 is 0 Å². The molecule has 5 aliphatic heterocycles. The van der Waals surface area contributed by atoms with Gasteiger partial charge in [-0.1, -0.05) is 0 Å². The molecule has 0 aromatic heterocycles. The zero-order chi connectivity index (χ0) is 55.9. The summed E-state index contributed by atoms with van der Waals surface area (Å²) in [7, 11) is 0. The van der Waals surface area contributed by atoms with Crippen LogP contribution in [0.25, 0.3) is 0 Å². The molecule has 33 heteroatoms. The van der Waals surface area contributed by atoms with E-state index in [0.29, 0.717) is 0 Å². The van der Waals surface area contributed by atoms with Crippen LogP contribution in [0.3, 0.4) is 0 Å². The average molecular weight is 1100 g/mol. The Morgan fingerprint density at radius 1 is 0.480 bits per heavy atom. The van der Waals surface area contributed by atoms with Crippen molar-refractivity contribution < 1.29 is 149 Å². The molecule has 5 saturated heterocycles. The van der Waals surface area contributed by atoms with E-state index in [0.717, 1.165) is 20.8 Å². The first-order valence-electron chi connectivity index (χ1n) is 23.9. The van der Waals surface area contributed by atoms with E-state index in [1.807, 2.05) is 0 Å². The van der Waals surface area contributed by atoms with E-state index in [1.165, 1.54) is 6.92 Å². The summed E-state index contributed by atoms with van der Waals surface area (Å²) < 4.78 is 58.0. The van der Waals surface area contributed by atoms with Crippen molar-refractivity contribution in [3.05, 3.63) is 0 Å². The van der Waals surface area contributed by atoms with Crippen LogP contribution < -0.4 is 16.0 Å². The van der Waals surface area contributed by atoms with Gasteiger partial charge in [-0.2, -0.15) is 0 Å². The third-order valence-corrected chi connectivity index (χ3v) is 13.2. The van der Waals surface area contributed by atoms with Crippen molar-refractivity contribution in [3.8, 4) is 0 Å². The lowest BCUT2D eigenvalue weighted by Crippen LogP contribution is -2.69. The molecule has 5 rings (SSSR count). The van der Waals surface area contributed by atoms with Crippen LogP contribution in [0.15, 0.2) is 0 Å². The summed E-state index contributed by atoms with van der Waals surface area (Å²) in [6.07, 6.45) is -49.9. The van der Waals surface area contributed by atoms with E-state index in [9.17, 15) is 101 Å². The molecular formula is C42H73N3O30. The second kappa shape index (κ2) is 28.0. The van der Waals surface area contributed by atoms with E-state index in [-0.39, 0.29) is 0 Å². The van der Waals surface area contributed by atoms with E-state index < -0.39 is 235 Å². The fourth-order valence-corrected chi connectivity index (χ4v) is 9.15. The third-order valence-electron chi connectivity index (χ3n) is 13.2. The average Bonchev–Trinajstić information content (AvgIpc) is 3.36. The van der Waals surface area contributed by atoms with Gasteiger partial charge in [0.15, 0.2) is 31.5 Å². The molecule has 29 atom stereocenters. The van der Waals surface area contributed by atoms with Crippen molar-refractivity contribution in [2.75, 3.05) is 39.6 Å². The molecule has 20 N–H and O–H groups in total. The Hall–Kier alpha value is -2.67. The predicted molar refractivity (Wildman–Crippen MR) is 235 cm³/mol. The zero-order valence-electron chi connectivity index (χ0n) is 40.9. The monoisotopic (exact) mass is 1100 g/mol. The number of aliphatic hydroxyl groups is 17. The van der Waals surface area contributed by atoms with Crippen LogP contribution in [0.5, 0.6) is 0 Å². The minimum Gasteiger partial charge on any atom is -0.394 e. The number of carbonyl (C=O) groups is 3. The fraction of sp³-hybridized carbons (Fsp3) is 0.929. The highest BCUT2D eigenvalue weighted by Gasteiger charge is 2.57. The second-order valence-electron chi connectivity index (χ2n) is 18.8. The third kappa shape index (κ3) is 14.8. The summed E-state index contributed by atoms with van der Waals surface area (Å²) in [5.41, 5.74) is 0. The van der Waals surface area contributed by atoms with Crippen LogP contribution in [0.1, 0.15) is 27.7 Å². The van der Waals surface area contributed by atoms with Crippen molar-refractivity contribution in [2.24, 2.45) is 0 Å². The molecule has 3 amide bonds. The molecule has 0 aromatic rings. The predicted octanol–water partition coefficient (Wildman–Crippen LogP) is -13.0. The van der Waals surface area contributed by atoms with Gasteiger partial charge in [-0.3, -0.25) is 14.4 Å². The quantitative estimate of drug-likeness (QED) is 0.0479. The first kappa shape index (κ1) is 63.2. The van der Waals surface area contributed by atoms with Crippen molar-refractivity contribution in [1.29, 1.82) is 0 Å². The summed E-state index contributed by atoms with van der Waals surface area (Å²) in [5, 5.41) is 190. The van der Waals surface area contributed by atoms with Crippen LogP contribution in [-0.4, -0.2) is 322 Å². The lowest BCUT2D eigenvalue weighted by Gasteiger charge is -2.49. The van der Waals surface area contributed by atoms with Crippen molar-refractivity contribution in [3.63, 3.8) is 0 Å². The summed E-state index contributed by atoms with van der Waals surface area (Å²) in [6.45, 7) is -1.62. The lowest BCUT2D eigenvalue weighted by molar-refractivity contribution is -0.382. The number of hydrogen-bond donors (Lipinski definition) is 20. The standard InChI is InChI=1S/C42H73N3O30/c1-11-23(55)30(62)31(63)40(67-11)73-35-22(45-14(4)53)38(68-18(8-49)26(35)58)66-10-20-28(60)37(33(65)42(71-20)72-34(24(56)16(54)6-47)15(5-46)43-12(2)51)75-41-32(64)36(27(59)19(9-50)70-41)74-39-21(44-13(3)52)29(61)25(57)17(7-48)69-39/h11,15-42,46-50,54-65H,5-10H2,1-4H3,(H,43,51)(H,44,52)(H,45,53)/t11-,15+,16-,17-,18-,19-,20-,21-,22-,23+,24+,25+,26-,27+,28+,29-,30+,31-,32-,33-,34-,35-,36+,37+,38-,39+,40-,41+,42+/m1/s1. The summed E-state index contributed by atoms with van der Waals surface area (Å²) in [4.78, 5) is 37.0. The molecule has 0 spiro atoms. The van der Waals surface area contributed by atoms with E-state index in [2.05, 4.69) is 16.0 Å². The number of carbonyl (C=O) groups excluding carboxylic acids is 3. The number of ether oxygens (including phenoxy) is 10. The van der Waals surface area contributed by atoms with Gasteiger partial charge in [0, 0.05) is 20.8 Å². The first-order valence-corrected chi connectivity index (χ1v) is 23.9. The number of rotatable bonds is 22. The smallest absolute Gasteiger partial charge is 0.217 e. The first-order chi connectivity index (χ1) is 35.3. The Morgan fingerprint density at radius 3 is 1.49 bits per heavy atom. The SMILES string of the molecule is CC(=O)N[C@H]1[C@H](O[C@H]2[C@@H](O)[C@@H](CO)O[C@@H](O[C@H]3[C@@H](O)[C@@H](CO[C@@H]4O[C@H](CO)[C@@H](O)[C@H](O[C@H]5O[C@H](C)[C@H](O)[C@H](O)[C@H]5O)[C@H]4NC(C)=O)O[C@@H](O[C@@H]([C@@H](O)[C@H](O)CO)[C@H](CO)NC(C)=O)[C@@H]3O)[C@@H]2O)O[C@H](CO)[C@H](O)[C@@H]1O. The Balaban J connectivity index is 1.50. The Kier molecular flexibility index (Phi) is 23.5. The van der Waals surface area contributed by atoms with Crippen molar-refractivity contribution >= 4 is 17.7 Å². The van der Waals surface area contributed by atoms with Gasteiger partial charge < -0.3 is 150 Å². The number of nitrogens with one attached hydrogen (secondary N) is 3. The molecule has 0 aromatic carbocycles. The minimum atomic E-state index is -2.35. The number of amides is 3. The minimum absolute atomic E-state index is 0.778. The fourth-order valence-electron chi connectivity index (χ4n) is 9.15. The van der Waals surface area contributed by atoms with Gasteiger partial charge in [0.25, 0.3) is 0 Å². The van der Waals surface area contributed by atoms with Crippen molar-refractivity contribution in [1.82, 2.24) is 16.0 Å². The molecule has 5 fully saturated rings. The number of aliphatic hydroxyl groups excluding tert-OH is 17. The van der Waals surface area contributed by atoms with Crippen LogP contribution in [0.2, 0.25) is 0 Å². The summed E-state index contributed by atoms with van der Waals surface area (Å²) in [5.74, 6) is -2.40. The topological polar surface area (TPSA) is 524 Å². The van der Waals surface area contributed by atoms with Crippen molar-refractivity contribution in [2.45, 2.75) is 205 Å². The highest BCUT2D eigenvalue weighted by molar-refractivity contribution is 5.74. The molecule has 0 aliphatic carbocycles. The Labute approximate surface area is 426 Å². The van der Waals surface area contributed by atoms with Crippen LogP contribution in [-0.2, 0) is 61.8 Å². The molecule has 0 saturated carbocycles.